The lowest BCUT2D eigenvalue weighted by molar-refractivity contribution is 0.0812. The fourth-order valence-corrected chi connectivity index (χ4v) is 1.94. The minimum absolute atomic E-state index is 0.138. The summed E-state index contributed by atoms with van der Waals surface area (Å²) in [7, 11) is 0. The van der Waals surface area contributed by atoms with Crippen LogP contribution < -0.4 is 4.74 Å². The molecular weight excluding hydrogens is 274 g/mol. The quantitative estimate of drug-likeness (QED) is 0.788. The van der Waals surface area contributed by atoms with Crippen molar-refractivity contribution < 1.29 is 18.3 Å². The molecule has 0 N–H and O–H groups in total. The number of carbonyl (C=O) groups excluding carboxylic acids is 1. The molecule has 0 heterocycles. The van der Waals surface area contributed by atoms with Crippen LogP contribution in [0.3, 0.4) is 0 Å². The summed E-state index contributed by atoms with van der Waals surface area (Å²) >= 11 is 0. The molecule has 0 spiro atoms. The molecule has 0 aliphatic rings. The maximum atomic E-state index is 13.5. The lowest BCUT2D eigenvalue weighted by Gasteiger charge is -2.15. The molecule has 1 atom stereocenters. The third kappa shape index (κ3) is 3.45. The minimum atomic E-state index is -0.855. The number of Topliss-reactive ketones (excluding diaryl/α,β-unsaturated/α-hetero) is 1. The minimum Gasteiger partial charge on any atom is -0.479 e. The highest BCUT2D eigenvalue weighted by Crippen LogP contribution is 2.20. The van der Waals surface area contributed by atoms with E-state index < -0.39 is 17.7 Å². The first-order valence-electron chi connectivity index (χ1n) is 6.61. The summed E-state index contributed by atoms with van der Waals surface area (Å²) in [6.45, 7) is 5.41. The van der Waals surface area contributed by atoms with Gasteiger partial charge in [-0.15, -0.1) is 0 Å². The summed E-state index contributed by atoms with van der Waals surface area (Å²) in [6, 6.07) is 8.33. The molecule has 0 amide bonds. The third-order valence-electron chi connectivity index (χ3n) is 3.36. The molecule has 21 heavy (non-hydrogen) atoms. The highest BCUT2D eigenvalue weighted by atomic mass is 19.1. The van der Waals surface area contributed by atoms with Crippen molar-refractivity contribution in [1.29, 1.82) is 0 Å². The van der Waals surface area contributed by atoms with Crippen LogP contribution in [0.15, 0.2) is 36.4 Å². The van der Waals surface area contributed by atoms with Crippen molar-refractivity contribution in [2.45, 2.75) is 26.9 Å². The first-order chi connectivity index (χ1) is 9.88. The van der Waals surface area contributed by atoms with Crippen LogP contribution in [0, 0.1) is 25.5 Å². The molecular formula is C17H16F2O2. The Morgan fingerprint density at radius 2 is 1.76 bits per heavy atom. The molecule has 0 aliphatic carbocycles. The second-order valence-electron chi connectivity index (χ2n) is 5.00. The van der Waals surface area contributed by atoms with Crippen LogP contribution in [0.4, 0.5) is 8.78 Å². The number of benzene rings is 2. The Hall–Kier alpha value is -2.23. The summed E-state index contributed by atoms with van der Waals surface area (Å²) in [5.41, 5.74) is 2.60. The second-order valence-corrected chi connectivity index (χ2v) is 5.00. The molecule has 0 bridgehead atoms. The number of ketones is 1. The molecule has 0 saturated heterocycles. The van der Waals surface area contributed by atoms with E-state index in [0.717, 1.165) is 23.3 Å². The van der Waals surface area contributed by atoms with Gasteiger partial charge in [-0.25, -0.2) is 8.78 Å². The van der Waals surface area contributed by atoms with E-state index in [9.17, 15) is 13.6 Å². The van der Waals surface area contributed by atoms with E-state index >= 15 is 0 Å². The van der Waals surface area contributed by atoms with Gasteiger partial charge in [0, 0.05) is 11.6 Å². The third-order valence-corrected chi connectivity index (χ3v) is 3.36. The van der Waals surface area contributed by atoms with E-state index in [1.54, 1.807) is 19.1 Å². The fourth-order valence-electron chi connectivity index (χ4n) is 1.94. The molecule has 1 unspecified atom stereocenters. The topological polar surface area (TPSA) is 26.3 Å². The van der Waals surface area contributed by atoms with Crippen molar-refractivity contribution in [3.63, 3.8) is 0 Å². The normalized spacial score (nSPS) is 12.0. The molecule has 2 aromatic rings. The number of halogens is 2. The largest absolute Gasteiger partial charge is 0.479 e. The van der Waals surface area contributed by atoms with Crippen LogP contribution in [0.2, 0.25) is 0 Å². The Bertz CT molecular complexity index is 680. The van der Waals surface area contributed by atoms with Crippen LogP contribution in [0.1, 0.15) is 28.4 Å². The van der Waals surface area contributed by atoms with Gasteiger partial charge in [-0.05, 0) is 50.1 Å². The highest BCUT2D eigenvalue weighted by molar-refractivity contribution is 5.99. The molecule has 2 nitrogen and oxygen atoms in total. The van der Waals surface area contributed by atoms with E-state index in [-0.39, 0.29) is 11.5 Å². The lowest BCUT2D eigenvalue weighted by Crippen LogP contribution is -2.24. The Labute approximate surface area is 122 Å². The maximum absolute atomic E-state index is 13.5. The van der Waals surface area contributed by atoms with Gasteiger partial charge in [0.15, 0.2) is 17.7 Å². The molecule has 2 aromatic carbocycles. The summed E-state index contributed by atoms with van der Waals surface area (Å²) < 4.78 is 31.6. The van der Waals surface area contributed by atoms with Crippen LogP contribution in [-0.2, 0) is 0 Å². The van der Waals surface area contributed by atoms with Crippen LogP contribution in [0.25, 0.3) is 0 Å². The molecule has 0 aromatic heterocycles. The van der Waals surface area contributed by atoms with Gasteiger partial charge in [-0.2, -0.15) is 0 Å². The summed E-state index contributed by atoms with van der Waals surface area (Å²) in [6.07, 6.45) is -0.855. The molecule has 0 saturated carbocycles. The van der Waals surface area contributed by atoms with Gasteiger partial charge in [0.25, 0.3) is 0 Å². The van der Waals surface area contributed by atoms with Gasteiger partial charge < -0.3 is 4.74 Å². The number of hydrogen-bond donors (Lipinski definition) is 0. The molecule has 2 rings (SSSR count). The number of aryl methyl sites for hydroxylation is 2. The summed E-state index contributed by atoms with van der Waals surface area (Å²) in [5.74, 6) is -1.90. The van der Waals surface area contributed by atoms with E-state index in [0.29, 0.717) is 5.56 Å². The summed E-state index contributed by atoms with van der Waals surface area (Å²) in [4.78, 5) is 12.3. The molecule has 0 aliphatic heterocycles. The standard InChI is InChI=1S/C17H16F2O2/c1-10-4-5-13(8-11(10)2)17(20)12(3)21-16-7-6-14(18)9-15(16)19/h4-9,12H,1-3H3. The van der Waals surface area contributed by atoms with E-state index in [1.165, 1.54) is 6.07 Å². The predicted molar refractivity (Wildman–Crippen MR) is 76.7 cm³/mol. The molecule has 0 radical (unpaired) electrons. The van der Waals surface area contributed by atoms with E-state index in [4.69, 9.17) is 4.74 Å². The van der Waals surface area contributed by atoms with Gasteiger partial charge in [0.2, 0.25) is 5.78 Å². The predicted octanol–water partition coefficient (Wildman–Crippen LogP) is 4.23. The summed E-state index contributed by atoms with van der Waals surface area (Å²) in [5, 5.41) is 0. The van der Waals surface area contributed by atoms with Crippen molar-refractivity contribution in [2.24, 2.45) is 0 Å². The number of carbonyl (C=O) groups is 1. The second kappa shape index (κ2) is 6.04. The van der Waals surface area contributed by atoms with Crippen LogP contribution >= 0.6 is 0 Å². The Morgan fingerprint density at radius 3 is 2.38 bits per heavy atom. The van der Waals surface area contributed by atoms with Crippen molar-refractivity contribution in [2.75, 3.05) is 0 Å². The average molecular weight is 290 g/mol. The monoisotopic (exact) mass is 290 g/mol. The molecule has 4 heteroatoms. The number of rotatable bonds is 4. The number of hydrogen-bond acceptors (Lipinski definition) is 2. The zero-order valence-electron chi connectivity index (χ0n) is 12.1. The zero-order valence-corrected chi connectivity index (χ0v) is 12.1. The Balaban J connectivity index is 2.17. The zero-order chi connectivity index (χ0) is 15.6. The van der Waals surface area contributed by atoms with Crippen molar-refractivity contribution >= 4 is 5.78 Å². The SMILES string of the molecule is Cc1ccc(C(=O)C(C)Oc2ccc(F)cc2F)cc1C. The Morgan fingerprint density at radius 1 is 1.05 bits per heavy atom. The first kappa shape index (κ1) is 15.2. The van der Waals surface area contributed by atoms with Gasteiger partial charge >= 0.3 is 0 Å². The van der Waals surface area contributed by atoms with Gasteiger partial charge in [-0.3, -0.25) is 4.79 Å². The maximum Gasteiger partial charge on any atom is 0.203 e. The van der Waals surface area contributed by atoms with Crippen molar-refractivity contribution in [3.8, 4) is 5.75 Å². The van der Waals surface area contributed by atoms with Gasteiger partial charge in [0.05, 0.1) is 0 Å². The lowest BCUT2D eigenvalue weighted by atomic mass is 10.0. The highest BCUT2D eigenvalue weighted by Gasteiger charge is 2.19. The average Bonchev–Trinajstić information content (AvgIpc) is 2.44. The van der Waals surface area contributed by atoms with Crippen LogP contribution in [0.5, 0.6) is 5.75 Å². The molecule has 110 valence electrons. The van der Waals surface area contributed by atoms with Crippen molar-refractivity contribution in [1.82, 2.24) is 0 Å². The number of ether oxygens (including phenoxy) is 1. The first-order valence-corrected chi connectivity index (χ1v) is 6.61. The van der Waals surface area contributed by atoms with E-state index in [2.05, 4.69) is 0 Å². The fraction of sp³-hybridized carbons (Fsp3) is 0.235. The Kier molecular flexibility index (Phi) is 4.36. The van der Waals surface area contributed by atoms with E-state index in [1.807, 2.05) is 19.9 Å². The molecule has 0 fully saturated rings. The van der Waals surface area contributed by atoms with Gasteiger partial charge in [0.1, 0.15) is 5.82 Å². The van der Waals surface area contributed by atoms with Gasteiger partial charge in [-0.1, -0.05) is 12.1 Å². The van der Waals surface area contributed by atoms with Crippen LogP contribution in [-0.4, -0.2) is 11.9 Å². The smallest absolute Gasteiger partial charge is 0.203 e. The van der Waals surface area contributed by atoms with Crippen molar-refractivity contribution in [3.05, 3.63) is 64.7 Å².